The Hall–Kier alpha value is -1.79. The maximum atomic E-state index is 8.36. The summed E-state index contributed by atoms with van der Waals surface area (Å²) in [6.07, 6.45) is 0. The van der Waals surface area contributed by atoms with Gasteiger partial charge in [0.15, 0.2) is 0 Å². The third-order valence-electron chi connectivity index (χ3n) is 3.81. The van der Waals surface area contributed by atoms with E-state index in [-0.39, 0.29) is 6.47 Å². The van der Waals surface area contributed by atoms with Crippen LogP contribution in [0.2, 0.25) is 15.1 Å². The highest BCUT2D eigenvalue weighted by Crippen LogP contribution is 2.38. The van der Waals surface area contributed by atoms with Crippen LogP contribution in [0, 0.1) is 0 Å². The van der Waals surface area contributed by atoms with E-state index in [1.165, 1.54) is 0 Å². The molecule has 1 atom stereocenters. The Kier molecular flexibility index (Phi) is 6.89. The number of ether oxygens (including phenoxy) is 1. The van der Waals surface area contributed by atoms with Gasteiger partial charge in [-0.25, -0.2) is 0 Å². The van der Waals surface area contributed by atoms with Crippen LogP contribution in [0.5, 0.6) is 0 Å². The molecule has 0 saturated carbocycles. The summed E-state index contributed by atoms with van der Waals surface area (Å²) in [6, 6.07) is 11.3. The maximum Gasteiger partial charge on any atom is 0.290 e. The number of nitrogens with two attached hydrogens (primary N) is 1. The summed E-state index contributed by atoms with van der Waals surface area (Å²) in [5.41, 5.74) is 7.99. The second-order valence-electron chi connectivity index (χ2n) is 5.81. The fraction of sp³-hybridized carbons (Fsp3) is 0.222. The number of amidine groups is 1. The Morgan fingerprint density at radius 2 is 1.96 bits per heavy atom. The van der Waals surface area contributed by atoms with Gasteiger partial charge in [0.25, 0.3) is 6.47 Å². The summed E-state index contributed by atoms with van der Waals surface area (Å²) in [4.78, 5) is 12.9. The minimum atomic E-state index is -0.521. The predicted octanol–water partition coefficient (Wildman–Crippen LogP) is 4.62. The van der Waals surface area contributed by atoms with Crippen LogP contribution < -0.4 is 5.73 Å². The van der Waals surface area contributed by atoms with Crippen LogP contribution in [0.1, 0.15) is 12.5 Å². The van der Waals surface area contributed by atoms with Crippen LogP contribution in [-0.4, -0.2) is 30.6 Å². The standard InChI is InChI=1S/C17H15Cl3N2O.CH2O2/c1-17(9-23-8-15(21)22-17)11-4-2-3-10(5-11)13-6-12(18)7-14(19)16(13)20;2-1-3/h2-7H,8-9H2,1H3,(H2,21,22);1H,(H,2,3). The normalized spacial score (nSPS) is 19.2. The van der Waals surface area contributed by atoms with Gasteiger partial charge in [0.2, 0.25) is 0 Å². The fourth-order valence-electron chi connectivity index (χ4n) is 2.67. The monoisotopic (exact) mass is 414 g/mol. The summed E-state index contributed by atoms with van der Waals surface area (Å²) in [7, 11) is 0. The van der Waals surface area contributed by atoms with Gasteiger partial charge in [-0.2, -0.15) is 0 Å². The Bertz CT molecular complexity index is 842. The number of rotatable bonds is 2. The molecule has 3 N–H and O–H groups in total. The van der Waals surface area contributed by atoms with Gasteiger partial charge >= 0.3 is 0 Å². The zero-order valence-corrected chi connectivity index (χ0v) is 16.1. The molecular weight excluding hydrogens is 399 g/mol. The minimum Gasteiger partial charge on any atom is -0.483 e. The largest absolute Gasteiger partial charge is 0.483 e. The lowest BCUT2D eigenvalue weighted by atomic mass is 9.90. The van der Waals surface area contributed by atoms with Crippen molar-refractivity contribution in [3.8, 4) is 11.1 Å². The van der Waals surface area contributed by atoms with E-state index in [0.717, 1.165) is 16.7 Å². The molecule has 3 rings (SSSR count). The maximum absolute atomic E-state index is 8.36. The van der Waals surface area contributed by atoms with Gasteiger partial charge in [-0.15, -0.1) is 0 Å². The summed E-state index contributed by atoms with van der Waals surface area (Å²) < 4.78 is 5.54. The second-order valence-corrected chi connectivity index (χ2v) is 7.03. The number of nitrogens with zero attached hydrogens (tertiary/aromatic N) is 1. The number of hydrogen-bond donors (Lipinski definition) is 2. The van der Waals surface area contributed by atoms with E-state index >= 15 is 0 Å². The molecule has 1 unspecified atom stereocenters. The van der Waals surface area contributed by atoms with Crippen molar-refractivity contribution in [1.82, 2.24) is 0 Å². The molecule has 26 heavy (non-hydrogen) atoms. The quantitative estimate of drug-likeness (QED) is 0.554. The van der Waals surface area contributed by atoms with Gasteiger partial charge in [0, 0.05) is 10.6 Å². The van der Waals surface area contributed by atoms with Crippen molar-refractivity contribution < 1.29 is 14.6 Å². The van der Waals surface area contributed by atoms with E-state index in [1.807, 2.05) is 31.2 Å². The number of carbonyl (C=O) groups is 1. The van der Waals surface area contributed by atoms with E-state index < -0.39 is 5.54 Å². The summed E-state index contributed by atoms with van der Waals surface area (Å²) >= 11 is 18.6. The zero-order chi connectivity index (χ0) is 19.3. The van der Waals surface area contributed by atoms with Crippen molar-refractivity contribution >= 4 is 47.1 Å². The van der Waals surface area contributed by atoms with Crippen LogP contribution in [-0.2, 0) is 15.1 Å². The highest BCUT2D eigenvalue weighted by Gasteiger charge is 2.30. The van der Waals surface area contributed by atoms with Crippen LogP contribution in [0.3, 0.4) is 0 Å². The van der Waals surface area contributed by atoms with Gasteiger partial charge in [-0.3, -0.25) is 9.79 Å². The van der Waals surface area contributed by atoms with Crippen LogP contribution in [0.25, 0.3) is 11.1 Å². The van der Waals surface area contributed by atoms with Gasteiger partial charge in [-0.05, 0) is 36.2 Å². The molecule has 5 nitrogen and oxygen atoms in total. The summed E-state index contributed by atoms with van der Waals surface area (Å²) in [5.74, 6) is 0.494. The first-order valence-corrected chi connectivity index (χ1v) is 8.69. The van der Waals surface area contributed by atoms with Gasteiger partial charge in [-0.1, -0.05) is 53.0 Å². The number of hydrogen-bond acceptors (Lipinski definition) is 4. The smallest absolute Gasteiger partial charge is 0.290 e. The van der Waals surface area contributed by atoms with Crippen molar-refractivity contribution in [1.29, 1.82) is 0 Å². The molecule has 0 amide bonds. The van der Waals surface area contributed by atoms with Crippen LogP contribution in [0.4, 0.5) is 0 Å². The molecule has 1 aliphatic rings. The number of aliphatic imine (C=N–C) groups is 1. The second kappa shape index (κ2) is 8.73. The molecular formula is C18H17Cl3N2O3. The number of halogens is 3. The van der Waals surface area contributed by atoms with Gasteiger partial charge in [0.1, 0.15) is 18.0 Å². The first-order chi connectivity index (χ1) is 12.3. The third-order valence-corrected chi connectivity index (χ3v) is 4.83. The lowest BCUT2D eigenvalue weighted by Crippen LogP contribution is -2.37. The molecule has 2 aromatic rings. The zero-order valence-electron chi connectivity index (χ0n) is 13.9. The molecule has 0 fully saturated rings. The molecule has 0 aliphatic carbocycles. The van der Waals surface area contributed by atoms with Gasteiger partial charge in [0.05, 0.1) is 16.7 Å². The molecule has 1 aliphatic heterocycles. The van der Waals surface area contributed by atoms with Crippen molar-refractivity contribution in [2.75, 3.05) is 13.2 Å². The average Bonchev–Trinajstić information content (AvgIpc) is 2.59. The van der Waals surface area contributed by atoms with Crippen molar-refractivity contribution in [2.45, 2.75) is 12.5 Å². The molecule has 1 heterocycles. The van der Waals surface area contributed by atoms with E-state index in [2.05, 4.69) is 4.99 Å². The predicted molar refractivity (Wildman–Crippen MR) is 105 cm³/mol. The van der Waals surface area contributed by atoms with E-state index in [1.54, 1.807) is 12.1 Å². The Morgan fingerprint density at radius 3 is 2.62 bits per heavy atom. The van der Waals surface area contributed by atoms with Gasteiger partial charge < -0.3 is 15.6 Å². The minimum absolute atomic E-state index is 0.250. The summed E-state index contributed by atoms with van der Waals surface area (Å²) in [5, 5.41) is 8.32. The first kappa shape index (κ1) is 20.5. The lowest BCUT2D eigenvalue weighted by Gasteiger charge is -2.30. The molecule has 2 aromatic carbocycles. The molecule has 0 bridgehead atoms. The van der Waals surface area contributed by atoms with Crippen molar-refractivity contribution in [2.24, 2.45) is 10.7 Å². The molecule has 0 radical (unpaired) electrons. The highest BCUT2D eigenvalue weighted by molar-refractivity contribution is 6.45. The molecule has 8 heteroatoms. The Morgan fingerprint density at radius 1 is 1.27 bits per heavy atom. The lowest BCUT2D eigenvalue weighted by molar-refractivity contribution is -0.122. The number of benzene rings is 2. The van der Waals surface area contributed by atoms with E-state index in [9.17, 15) is 0 Å². The Balaban J connectivity index is 0.000000758. The van der Waals surface area contributed by atoms with Crippen LogP contribution >= 0.6 is 34.8 Å². The molecule has 0 aromatic heterocycles. The molecule has 138 valence electrons. The average molecular weight is 416 g/mol. The molecule has 0 saturated heterocycles. The fourth-order valence-corrected chi connectivity index (χ4v) is 3.38. The SMILES string of the molecule is CC1(c2cccc(-c3cc(Cl)cc(Cl)c3Cl)c2)COCC(N)=N1.O=CO. The van der Waals surface area contributed by atoms with Crippen LogP contribution in [0.15, 0.2) is 41.4 Å². The highest BCUT2D eigenvalue weighted by atomic mass is 35.5. The third kappa shape index (κ3) is 4.68. The van der Waals surface area contributed by atoms with Crippen molar-refractivity contribution in [3.05, 3.63) is 57.0 Å². The topological polar surface area (TPSA) is 84.9 Å². The summed E-state index contributed by atoms with van der Waals surface area (Å²) in [6.45, 7) is 2.58. The Labute approximate surface area is 166 Å². The van der Waals surface area contributed by atoms with E-state index in [4.69, 9.17) is 55.2 Å². The number of carboxylic acid groups (broad SMARTS) is 1. The van der Waals surface area contributed by atoms with E-state index in [0.29, 0.717) is 34.1 Å². The first-order valence-electron chi connectivity index (χ1n) is 7.56. The molecule has 0 spiro atoms. The van der Waals surface area contributed by atoms with Crippen molar-refractivity contribution in [3.63, 3.8) is 0 Å².